The number of amides is 1. The summed E-state index contributed by atoms with van der Waals surface area (Å²) in [7, 11) is 0. The maximum Gasteiger partial charge on any atom is 0.305 e. The second kappa shape index (κ2) is 7.82. The van der Waals surface area contributed by atoms with Crippen molar-refractivity contribution in [1.82, 2.24) is 5.32 Å². The van der Waals surface area contributed by atoms with Crippen LogP contribution >= 0.6 is 0 Å². The van der Waals surface area contributed by atoms with Crippen molar-refractivity contribution in [2.24, 2.45) is 5.92 Å². The smallest absolute Gasteiger partial charge is 0.305 e. The Hall–Kier alpha value is -2.04. The van der Waals surface area contributed by atoms with Gasteiger partial charge in [0.25, 0.3) is 5.91 Å². The Morgan fingerprint density at radius 1 is 1.27 bits per heavy atom. The molecule has 1 aromatic carbocycles. The Morgan fingerprint density at radius 2 is 1.86 bits per heavy atom. The number of carboxylic acids is 1. The third kappa shape index (κ3) is 5.39. The molecule has 1 unspecified atom stereocenters. The van der Waals surface area contributed by atoms with E-state index >= 15 is 0 Å². The fourth-order valence-electron chi connectivity index (χ4n) is 2.03. The van der Waals surface area contributed by atoms with Crippen molar-refractivity contribution in [2.45, 2.75) is 46.1 Å². The number of carbonyl (C=O) groups excluding carboxylic acids is 1. The van der Waals surface area contributed by atoms with Gasteiger partial charge in [0.15, 0.2) is 6.61 Å². The van der Waals surface area contributed by atoms with Crippen LogP contribution < -0.4 is 10.1 Å². The number of aliphatic carboxylic acids is 1. The van der Waals surface area contributed by atoms with Crippen molar-refractivity contribution in [1.29, 1.82) is 0 Å². The van der Waals surface area contributed by atoms with Gasteiger partial charge in [0, 0.05) is 0 Å². The first-order valence-electron chi connectivity index (χ1n) is 7.51. The molecule has 0 aliphatic heterocycles. The first-order valence-corrected chi connectivity index (χ1v) is 7.51. The van der Waals surface area contributed by atoms with Gasteiger partial charge in [-0.15, -0.1) is 0 Å². The Labute approximate surface area is 131 Å². The molecule has 5 nitrogen and oxygen atoms in total. The van der Waals surface area contributed by atoms with Gasteiger partial charge in [-0.25, -0.2) is 0 Å². The Morgan fingerprint density at radius 3 is 2.32 bits per heavy atom. The van der Waals surface area contributed by atoms with E-state index in [0.29, 0.717) is 5.75 Å². The number of rotatable bonds is 8. The highest BCUT2D eigenvalue weighted by Gasteiger charge is 2.32. The zero-order chi connectivity index (χ0) is 16.8. The highest BCUT2D eigenvalue weighted by molar-refractivity contribution is 5.79. The molecule has 0 aromatic heterocycles. The molecule has 0 radical (unpaired) electrons. The zero-order valence-electron chi connectivity index (χ0n) is 13.7. The Bertz CT molecular complexity index is 510. The van der Waals surface area contributed by atoms with E-state index in [4.69, 9.17) is 9.84 Å². The number of hydrogen-bond donors (Lipinski definition) is 2. The second-order valence-electron chi connectivity index (χ2n) is 5.98. The van der Waals surface area contributed by atoms with Gasteiger partial charge in [0.05, 0.1) is 12.0 Å². The summed E-state index contributed by atoms with van der Waals surface area (Å²) in [4.78, 5) is 23.0. The minimum absolute atomic E-state index is 0.00334. The van der Waals surface area contributed by atoms with Crippen molar-refractivity contribution in [3.8, 4) is 5.75 Å². The molecule has 122 valence electrons. The second-order valence-corrected chi connectivity index (χ2v) is 5.98. The summed E-state index contributed by atoms with van der Waals surface area (Å²) in [5.74, 6) is -0.641. The molecule has 0 spiro atoms. The minimum atomic E-state index is -0.937. The third-order valence-corrected chi connectivity index (χ3v) is 3.92. The normalized spacial score (nSPS) is 13.5. The lowest BCUT2D eigenvalue weighted by Crippen LogP contribution is -2.52. The van der Waals surface area contributed by atoms with Gasteiger partial charge in [0.2, 0.25) is 0 Å². The largest absolute Gasteiger partial charge is 0.484 e. The lowest BCUT2D eigenvalue weighted by Gasteiger charge is -2.33. The molecule has 0 aliphatic rings. The van der Waals surface area contributed by atoms with Crippen molar-refractivity contribution >= 4 is 11.9 Å². The SMILES string of the molecule is CCc1ccc(OCC(=O)NC(C)(CC(=O)O)C(C)C)cc1. The highest BCUT2D eigenvalue weighted by atomic mass is 16.5. The van der Waals surface area contributed by atoms with Gasteiger partial charge in [-0.3, -0.25) is 9.59 Å². The molecule has 2 N–H and O–H groups in total. The molecule has 0 fully saturated rings. The molecule has 22 heavy (non-hydrogen) atoms. The van der Waals surface area contributed by atoms with Crippen molar-refractivity contribution in [3.05, 3.63) is 29.8 Å². The van der Waals surface area contributed by atoms with E-state index in [1.165, 1.54) is 5.56 Å². The topological polar surface area (TPSA) is 75.6 Å². The molecular formula is C17H25NO4. The number of carboxylic acid groups (broad SMARTS) is 1. The third-order valence-electron chi connectivity index (χ3n) is 3.92. The van der Waals surface area contributed by atoms with E-state index < -0.39 is 11.5 Å². The van der Waals surface area contributed by atoms with Crippen LogP contribution in [0.15, 0.2) is 24.3 Å². The summed E-state index contributed by atoms with van der Waals surface area (Å²) in [5.41, 5.74) is 0.406. The average Bonchev–Trinajstić information content (AvgIpc) is 2.44. The van der Waals surface area contributed by atoms with E-state index in [1.54, 1.807) is 6.92 Å². The van der Waals surface area contributed by atoms with Gasteiger partial charge in [-0.05, 0) is 37.0 Å². The zero-order valence-corrected chi connectivity index (χ0v) is 13.7. The predicted molar refractivity (Wildman–Crippen MR) is 85.0 cm³/mol. The molecule has 1 atom stereocenters. The van der Waals surface area contributed by atoms with Crippen LogP contribution in [-0.2, 0) is 16.0 Å². The lowest BCUT2D eigenvalue weighted by molar-refractivity contribution is -0.139. The molecule has 0 heterocycles. The van der Waals surface area contributed by atoms with Crippen LogP contribution in [0.2, 0.25) is 0 Å². The quantitative estimate of drug-likeness (QED) is 0.774. The Kier molecular flexibility index (Phi) is 6.40. The number of ether oxygens (including phenoxy) is 1. The van der Waals surface area contributed by atoms with Crippen LogP contribution in [0.1, 0.15) is 39.7 Å². The molecule has 1 rings (SSSR count). The van der Waals surface area contributed by atoms with E-state index in [1.807, 2.05) is 38.1 Å². The van der Waals surface area contributed by atoms with Crippen LogP contribution in [0, 0.1) is 5.92 Å². The minimum Gasteiger partial charge on any atom is -0.484 e. The molecular weight excluding hydrogens is 282 g/mol. The number of carbonyl (C=O) groups is 2. The van der Waals surface area contributed by atoms with E-state index in [-0.39, 0.29) is 24.9 Å². The molecule has 5 heteroatoms. The molecule has 0 bridgehead atoms. The maximum absolute atomic E-state index is 12.0. The van der Waals surface area contributed by atoms with Gasteiger partial charge >= 0.3 is 5.97 Å². The fraction of sp³-hybridized carbons (Fsp3) is 0.529. The molecule has 0 saturated carbocycles. The molecule has 1 aromatic rings. The van der Waals surface area contributed by atoms with Crippen LogP contribution in [0.5, 0.6) is 5.75 Å². The van der Waals surface area contributed by atoms with Crippen LogP contribution in [0.3, 0.4) is 0 Å². The van der Waals surface area contributed by atoms with Crippen molar-refractivity contribution < 1.29 is 19.4 Å². The summed E-state index contributed by atoms with van der Waals surface area (Å²) in [6.45, 7) is 7.44. The van der Waals surface area contributed by atoms with Crippen molar-refractivity contribution in [2.75, 3.05) is 6.61 Å². The van der Waals surface area contributed by atoms with E-state index in [2.05, 4.69) is 12.2 Å². The standard InChI is InChI=1S/C17H25NO4/c1-5-13-6-8-14(9-7-13)22-11-15(19)18-17(4,12(2)3)10-16(20)21/h6-9,12H,5,10-11H2,1-4H3,(H,18,19)(H,20,21). The molecule has 0 aliphatic carbocycles. The number of aryl methyl sites for hydroxylation is 1. The summed E-state index contributed by atoms with van der Waals surface area (Å²) >= 11 is 0. The van der Waals surface area contributed by atoms with Gasteiger partial charge in [0.1, 0.15) is 5.75 Å². The Balaban J connectivity index is 2.58. The van der Waals surface area contributed by atoms with Gasteiger partial charge < -0.3 is 15.2 Å². The van der Waals surface area contributed by atoms with E-state index in [0.717, 1.165) is 6.42 Å². The fourth-order valence-corrected chi connectivity index (χ4v) is 2.03. The molecule has 0 saturated heterocycles. The summed E-state index contributed by atoms with van der Waals surface area (Å²) in [6.07, 6.45) is 0.824. The van der Waals surface area contributed by atoms with Gasteiger partial charge in [-0.1, -0.05) is 32.9 Å². The van der Waals surface area contributed by atoms with Crippen molar-refractivity contribution in [3.63, 3.8) is 0 Å². The highest BCUT2D eigenvalue weighted by Crippen LogP contribution is 2.21. The van der Waals surface area contributed by atoms with E-state index in [9.17, 15) is 9.59 Å². The number of nitrogens with one attached hydrogen (secondary N) is 1. The number of benzene rings is 1. The maximum atomic E-state index is 12.0. The van der Waals surface area contributed by atoms with Crippen LogP contribution in [-0.4, -0.2) is 29.1 Å². The molecule has 1 amide bonds. The summed E-state index contributed by atoms with van der Waals surface area (Å²) < 4.78 is 5.44. The predicted octanol–water partition coefficient (Wildman–Crippen LogP) is 2.63. The average molecular weight is 307 g/mol. The first-order chi connectivity index (χ1) is 10.3. The van der Waals surface area contributed by atoms with Crippen LogP contribution in [0.4, 0.5) is 0 Å². The first kappa shape index (κ1) is 18.0. The number of hydrogen-bond acceptors (Lipinski definition) is 3. The van der Waals surface area contributed by atoms with Gasteiger partial charge in [-0.2, -0.15) is 0 Å². The lowest BCUT2D eigenvalue weighted by atomic mass is 9.85. The van der Waals surface area contributed by atoms with Crippen LogP contribution in [0.25, 0.3) is 0 Å². The summed E-state index contributed by atoms with van der Waals surface area (Å²) in [6, 6.07) is 7.56. The summed E-state index contributed by atoms with van der Waals surface area (Å²) in [5, 5.41) is 11.8. The monoisotopic (exact) mass is 307 g/mol.